The van der Waals surface area contributed by atoms with Crippen LogP contribution in [-0.4, -0.2) is 62.4 Å². The quantitative estimate of drug-likeness (QED) is 0.755. The number of rotatable bonds is 6. The highest BCUT2D eigenvalue weighted by atomic mass is 32.2. The number of nitrogens with zero attached hydrogens (tertiary/aromatic N) is 3. The van der Waals surface area contributed by atoms with Crippen molar-refractivity contribution in [2.45, 2.75) is 31.7 Å². The molecule has 0 spiro atoms. The first-order valence-electron chi connectivity index (χ1n) is 7.25. The molecule has 21 heavy (non-hydrogen) atoms. The van der Waals surface area contributed by atoms with Crippen LogP contribution in [0.15, 0.2) is 4.90 Å². The molecule has 2 heterocycles. The Morgan fingerprint density at radius 2 is 1.95 bits per heavy atom. The minimum atomic E-state index is -3.48. The van der Waals surface area contributed by atoms with E-state index < -0.39 is 10.0 Å². The number of hydrogen-bond donors (Lipinski definition) is 1. The molecule has 0 atom stereocenters. The van der Waals surface area contributed by atoms with Crippen molar-refractivity contribution in [2.75, 3.05) is 39.9 Å². The van der Waals surface area contributed by atoms with E-state index in [4.69, 9.17) is 4.74 Å². The zero-order valence-electron chi connectivity index (χ0n) is 12.9. The lowest BCUT2D eigenvalue weighted by molar-refractivity contribution is 0.0730. The Balaban J connectivity index is 2.26. The van der Waals surface area contributed by atoms with Crippen LogP contribution in [0.1, 0.15) is 17.8 Å². The minimum absolute atomic E-state index is 0.355. The molecular formula is C13H24N4O3S. The molecule has 1 aliphatic rings. The van der Waals surface area contributed by atoms with Gasteiger partial charge in [0.1, 0.15) is 4.90 Å². The summed E-state index contributed by atoms with van der Waals surface area (Å²) in [7, 11) is -1.58. The molecule has 0 amide bonds. The lowest BCUT2D eigenvalue weighted by Gasteiger charge is -2.26. The second kappa shape index (κ2) is 6.87. The summed E-state index contributed by atoms with van der Waals surface area (Å²) in [5.41, 5.74) is 1.29. The van der Waals surface area contributed by atoms with E-state index in [-0.39, 0.29) is 0 Å². The average molecular weight is 316 g/mol. The fraction of sp³-hybridized carbons (Fsp3) is 0.769. The van der Waals surface area contributed by atoms with E-state index >= 15 is 0 Å². The molecule has 0 radical (unpaired) electrons. The summed E-state index contributed by atoms with van der Waals surface area (Å²) in [6, 6.07) is 0. The molecule has 1 aromatic rings. The van der Waals surface area contributed by atoms with Crippen molar-refractivity contribution in [1.29, 1.82) is 0 Å². The van der Waals surface area contributed by atoms with E-state index in [1.54, 1.807) is 11.6 Å². The molecule has 8 heteroatoms. The van der Waals surface area contributed by atoms with Crippen LogP contribution in [0, 0.1) is 13.8 Å². The summed E-state index contributed by atoms with van der Waals surface area (Å²) in [4.78, 5) is 0.355. The molecule has 1 N–H and O–H groups in total. The molecule has 0 aromatic carbocycles. The zero-order valence-corrected chi connectivity index (χ0v) is 13.7. The number of aryl methyl sites for hydroxylation is 2. The van der Waals surface area contributed by atoms with Gasteiger partial charge in [0, 0.05) is 19.6 Å². The van der Waals surface area contributed by atoms with Gasteiger partial charge < -0.3 is 10.1 Å². The highest BCUT2D eigenvalue weighted by molar-refractivity contribution is 7.89. The predicted molar refractivity (Wildman–Crippen MR) is 79.8 cm³/mol. The predicted octanol–water partition coefficient (Wildman–Crippen LogP) is 0.130. The van der Waals surface area contributed by atoms with Gasteiger partial charge in [-0.05, 0) is 33.9 Å². The highest BCUT2D eigenvalue weighted by Gasteiger charge is 2.31. The van der Waals surface area contributed by atoms with Crippen LogP contribution >= 0.6 is 0 Å². The van der Waals surface area contributed by atoms with Crippen LogP contribution < -0.4 is 5.32 Å². The molecule has 0 bridgehead atoms. The van der Waals surface area contributed by atoms with E-state index in [0.717, 1.165) is 18.7 Å². The molecule has 1 fully saturated rings. The third-order valence-corrected chi connectivity index (χ3v) is 5.83. The van der Waals surface area contributed by atoms with Crippen molar-refractivity contribution >= 4 is 10.0 Å². The molecule has 2 rings (SSSR count). The summed E-state index contributed by atoms with van der Waals surface area (Å²) in [6.07, 6.45) is 0.912. The Kier molecular flexibility index (Phi) is 5.37. The molecular weight excluding hydrogens is 292 g/mol. The van der Waals surface area contributed by atoms with Crippen molar-refractivity contribution in [2.24, 2.45) is 0 Å². The number of aromatic nitrogens is 2. The molecule has 1 saturated heterocycles. The third-order valence-electron chi connectivity index (χ3n) is 3.68. The van der Waals surface area contributed by atoms with Gasteiger partial charge in [-0.1, -0.05) is 0 Å². The van der Waals surface area contributed by atoms with E-state index in [1.165, 1.54) is 4.31 Å². The van der Waals surface area contributed by atoms with Gasteiger partial charge in [-0.15, -0.1) is 0 Å². The van der Waals surface area contributed by atoms with Gasteiger partial charge in [0.25, 0.3) is 0 Å². The largest absolute Gasteiger partial charge is 0.379 e. The normalized spacial score (nSPS) is 17.3. The second-order valence-corrected chi connectivity index (χ2v) is 7.07. The first-order chi connectivity index (χ1) is 9.98. The van der Waals surface area contributed by atoms with Crippen LogP contribution in [0.3, 0.4) is 0 Å². The van der Waals surface area contributed by atoms with Crippen molar-refractivity contribution in [3.05, 3.63) is 11.4 Å². The van der Waals surface area contributed by atoms with Crippen LogP contribution in [0.5, 0.6) is 0 Å². The van der Waals surface area contributed by atoms with Crippen molar-refractivity contribution < 1.29 is 13.2 Å². The van der Waals surface area contributed by atoms with Gasteiger partial charge in [-0.25, -0.2) is 8.42 Å². The lowest BCUT2D eigenvalue weighted by atomic mass is 10.4. The Hall–Kier alpha value is -0.960. The molecule has 0 saturated carbocycles. The van der Waals surface area contributed by atoms with E-state index in [9.17, 15) is 8.42 Å². The molecule has 1 aromatic heterocycles. The maximum absolute atomic E-state index is 12.8. The Morgan fingerprint density at radius 1 is 1.29 bits per heavy atom. The van der Waals surface area contributed by atoms with E-state index in [1.807, 2.05) is 14.0 Å². The number of morpholine rings is 1. The monoisotopic (exact) mass is 316 g/mol. The van der Waals surface area contributed by atoms with Crippen molar-refractivity contribution in [3.8, 4) is 0 Å². The molecule has 0 unspecified atom stereocenters. The van der Waals surface area contributed by atoms with Crippen LogP contribution in [-0.2, 0) is 21.3 Å². The highest BCUT2D eigenvalue weighted by Crippen LogP contribution is 2.24. The molecule has 1 aliphatic heterocycles. The smallest absolute Gasteiger partial charge is 0.246 e. The third kappa shape index (κ3) is 3.45. The maximum atomic E-state index is 12.8. The number of hydrogen-bond acceptors (Lipinski definition) is 5. The van der Waals surface area contributed by atoms with Crippen molar-refractivity contribution in [3.63, 3.8) is 0 Å². The summed E-state index contributed by atoms with van der Waals surface area (Å²) in [5, 5.41) is 7.47. The molecule has 120 valence electrons. The fourth-order valence-electron chi connectivity index (χ4n) is 2.59. The van der Waals surface area contributed by atoms with Crippen molar-refractivity contribution in [1.82, 2.24) is 19.4 Å². The van der Waals surface area contributed by atoms with Crippen LogP contribution in [0.2, 0.25) is 0 Å². The van der Waals surface area contributed by atoms with Gasteiger partial charge in [0.05, 0.1) is 24.6 Å². The van der Waals surface area contributed by atoms with Crippen LogP contribution in [0.4, 0.5) is 0 Å². The standard InChI is InChI=1S/C13H24N4O3S/c1-11-13(12(2)17(15-11)6-4-5-14-3)21(18,19)16-7-9-20-10-8-16/h14H,4-10H2,1-3H3. The Morgan fingerprint density at radius 3 is 2.57 bits per heavy atom. The second-order valence-electron chi connectivity index (χ2n) is 5.20. The average Bonchev–Trinajstić information content (AvgIpc) is 2.75. The Labute approximate surface area is 126 Å². The fourth-order valence-corrected chi connectivity index (χ4v) is 4.37. The minimum Gasteiger partial charge on any atom is -0.379 e. The molecule has 7 nitrogen and oxygen atoms in total. The van der Waals surface area contributed by atoms with E-state index in [0.29, 0.717) is 43.4 Å². The first kappa shape index (κ1) is 16.4. The number of ether oxygens (including phenoxy) is 1. The van der Waals surface area contributed by atoms with Gasteiger partial charge in [0.15, 0.2) is 0 Å². The van der Waals surface area contributed by atoms with Gasteiger partial charge >= 0.3 is 0 Å². The number of sulfonamides is 1. The maximum Gasteiger partial charge on any atom is 0.246 e. The first-order valence-corrected chi connectivity index (χ1v) is 8.69. The Bertz CT molecular complexity index is 576. The summed E-state index contributed by atoms with van der Waals surface area (Å²) in [5.74, 6) is 0. The lowest BCUT2D eigenvalue weighted by Crippen LogP contribution is -2.41. The zero-order chi connectivity index (χ0) is 15.5. The van der Waals surface area contributed by atoms with Crippen LogP contribution in [0.25, 0.3) is 0 Å². The topological polar surface area (TPSA) is 76.5 Å². The molecule has 0 aliphatic carbocycles. The SMILES string of the molecule is CNCCCn1nc(C)c(S(=O)(=O)N2CCOCC2)c1C. The summed E-state index contributed by atoms with van der Waals surface area (Å²) >= 11 is 0. The number of nitrogens with one attached hydrogen (secondary N) is 1. The summed E-state index contributed by atoms with van der Waals surface area (Å²) in [6.45, 7) is 6.90. The van der Waals surface area contributed by atoms with Gasteiger partial charge in [-0.2, -0.15) is 9.40 Å². The summed E-state index contributed by atoms with van der Waals surface area (Å²) < 4.78 is 34.1. The van der Waals surface area contributed by atoms with Gasteiger partial charge in [0.2, 0.25) is 10.0 Å². The van der Waals surface area contributed by atoms with Gasteiger partial charge in [-0.3, -0.25) is 4.68 Å². The van der Waals surface area contributed by atoms with E-state index in [2.05, 4.69) is 10.4 Å².